The molecule has 19 heavy (non-hydrogen) atoms. The molecule has 0 aromatic rings. The summed E-state index contributed by atoms with van der Waals surface area (Å²) in [5.74, 6) is -0.126. The number of amides is 2. The Morgan fingerprint density at radius 2 is 1.89 bits per heavy atom. The van der Waals surface area contributed by atoms with Crippen LogP contribution in [0.1, 0.15) is 48.0 Å². The Hall–Kier alpha value is -1.10. The second kappa shape index (κ2) is 5.49. The van der Waals surface area contributed by atoms with Crippen molar-refractivity contribution in [3.63, 3.8) is 0 Å². The molecule has 1 aliphatic rings. The van der Waals surface area contributed by atoms with Crippen LogP contribution in [-0.2, 0) is 14.3 Å². The zero-order chi connectivity index (χ0) is 14.8. The predicted molar refractivity (Wildman–Crippen MR) is 73.7 cm³/mol. The van der Waals surface area contributed by atoms with Crippen molar-refractivity contribution >= 4 is 11.8 Å². The molecule has 0 spiro atoms. The van der Waals surface area contributed by atoms with Gasteiger partial charge in [0.2, 0.25) is 11.8 Å². The first-order valence-corrected chi connectivity index (χ1v) is 6.86. The monoisotopic (exact) mass is 270 g/mol. The molecule has 0 aromatic heterocycles. The van der Waals surface area contributed by atoms with Gasteiger partial charge in [0, 0.05) is 6.54 Å². The molecule has 0 saturated carbocycles. The van der Waals surface area contributed by atoms with E-state index in [4.69, 9.17) is 4.74 Å². The zero-order valence-electron chi connectivity index (χ0n) is 12.9. The van der Waals surface area contributed by atoms with E-state index in [-0.39, 0.29) is 17.4 Å². The Morgan fingerprint density at radius 3 is 2.37 bits per heavy atom. The minimum absolute atomic E-state index is 0.0235. The predicted octanol–water partition coefficient (Wildman–Crippen LogP) is 1.32. The van der Waals surface area contributed by atoms with Crippen LogP contribution < -0.4 is 5.32 Å². The smallest absolute Gasteiger partial charge is 0.246 e. The fraction of sp³-hybridized carbons (Fsp3) is 0.857. The summed E-state index contributed by atoms with van der Waals surface area (Å²) >= 11 is 0. The molecule has 0 aliphatic carbocycles. The zero-order valence-corrected chi connectivity index (χ0v) is 12.9. The highest BCUT2D eigenvalue weighted by Crippen LogP contribution is 2.22. The van der Waals surface area contributed by atoms with Crippen LogP contribution >= 0.6 is 0 Å². The number of piperazine rings is 1. The summed E-state index contributed by atoms with van der Waals surface area (Å²) in [4.78, 5) is 26.0. The van der Waals surface area contributed by atoms with Crippen molar-refractivity contribution in [1.29, 1.82) is 0 Å². The third-order valence-electron chi connectivity index (χ3n) is 3.36. The van der Waals surface area contributed by atoms with E-state index in [1.807, 2.05) is 27.7 Å². The van der Waals surface area contributed by atoms with E-state index in [1.54, 1.807) is 18.7 Å². The van der Waals surface area contributed by atoms with E-state index in [0.717, 1.165) is 0 Å². The first-order chi connectivity index (χ1) is 8.59. The number of hydrogen-bond donors (Lipinski definition) is 1. The number of rotatable bonds is 4. The van der Waals surface area contributed by atoms with Crippen molar-refractivity contribution in [1.82, 2.24) is 10.2 Å². The van der Waals surface area contributed by atoms with Crippen LogP contribution in [0.4, 0.5) is 0 Å². The summed E-state index contributed by atoms with van der Waals surface area (Å²) in [6.07, 6.45) is 0.608. The van der Waals surface area contributed by atoms with Gasteiger partial charge in [0.1, 0.15) is 11.6 Å². The first-order valence-electron chi connectivity index (χ1n) is 6.86. The van der Waals surface area contributed by atoms with Gasteiger partial charge in [-0.1, -0.05) is 6.92 Å². The molecule has 1 fully saturated rings. The fourth-order valence-electron chi connectivity index (χ4n) is 2.09. The van der Waals surface area contributed by atoms with Crippen molar-refractivity contribution in [3.8, 4) is 0 Å². The Bertz CT molecular complexity index is 358. The molecule has 1 rings (SSSR count). The lowest BCUT2D eigenvalue weighted by atomic mass is 9.95. The van der Waals surface area contributed by atoms with Gasteiger partial charge in [-0.15, -0.1) is 0 Å². The molecule has 0 radical (unpaired) electrons. The molecule has 0 bridgehead atoms. The normalized spacial score (nSPS) is 23.5. The maximum Gasteiger partial charge on any atom is 0.246 e. The van der Waals surface area contributed by atoms with Gasteiger partial charge in [0.15, 0.2) is 0 Å². The Kier molecular flexibility index (Phi) is 4.61. The lowest BCUT2D eigenvalue weighted by Crippen LogP contribution is -2.68. The summed E-state index contributed by atoms with van der Waals surface area (Å²) < 4.78 is 5.65. The van der Waals surface area contributed by atoms with Crippen LogP contribution in [0.25, 0.3) is 0 Å². The fourth-order valence-corrected chi connectivity index (χ4v) is 2.09. The summed E-state index contributed by atoms with van der Waals surface area (Å²) in [6.45, 7) is 12.2. The molecule has 0 aromatic carbocycles. The van der Waals surface area contributed by atoms with Crippen LogP contribution in [0.15, 0.2) is 0 Å². The van der Waals surface area contributed by atoms with Crippen LogP contribution in [0.2, 0.25) is 0 Å². The maximum absolute atomic E-state index is 12.3. The lowest BCUT2D eigenvalue weighted by Gasteiger charge is -2.44. The summed E-state index contributed by atoms with van der Waals surface area (Å²) in [6, 6.07) is -0.407. The number of carbonyl (C=O) groups excluding carboxylic acids is 2. The first kappa shape index (κ1) is 16.0. The van der Waals surface area contributed by atoms with Gasteiger partial charge < -0.3 is 15.0 Å². The van der Waals surface area contributed by atoms with Crippen molar-refractivity contribution < 1.29 is 14.3 Å². The van der Waals surface area contributed by atoms with Crippen molar-refractivity contribution in [2.75, 3.05) is 13.2 Å². The Labute approximate surface area is 115 Å². The Balaban J connectivity index is 2.75. The van der Waals surface area contributed by atoms with Gasteiger partial charge >= 0.3 is 0 Å². The maximum atomic E-state index is 12.3. The molecule has 1 unspecified atom stereocenters. The highest BCUT2D eigenvalue weighted by atomic mass is 16.5. The van der Waals surface area contributed by atoms with Crippen LogP contribution in [0, 0.1) is 0 Å². The standard InChI is InChI=1S/C14H26N2O3/c1-7-10-11(17)16(8-9-19-13(2,3)4)14(5,6)12(18)15-10/h10H,7-9H2,1-6H3,(H,15,18). The summed E-state index contributed by atoms with van der Waals surface area (Å²) in [5.41, 5.74) is -1.06. The second-order valence-electron chi connectivity index (χ2n) is 6.44. The molecule has 110 valence electrons. The van der Waals surface area contributed by atoms with E-state index in [0.29, 0.717) is 19.6 Å². The van der Waals surface area contributed by atoms with E-state index in [1.165, 1.54) is 0 Å². The minimum atomic E-state index is -0.815. The molecule has 2 amide bonds. The van der Waals surface area contributed by atoms with Gasteiger partial charge in [0.25, 0.3) is 0 Å². The number of ether oxygens (including phenoxy) is 1. The molecule has 1 heterocycles. The van der Waals surface area contributed by atoms with Crippen molar-refractivity contribution in [3.05, 3.63) is 0 Å². The quantitative estimate of drug-likeness (QED) is 0.838. The van der Waals surface area contributed by atoms with E-state index in [2.05, 4.69) is 5.32 Å². The minimum Gasteiger partial charge on any atom is -0.374 e. The van der Waals surface area contributed by atoms with Crippen molar-refractivity contribution in [2.24, 2.45) is 0 Å². The van der Waals surface area contributed by atoms with Crippen LogP contribution in [0.5, 0.6) is 0 Å². The molecule has 5 heteroatoms. The summed E-state index contributed by atoms with van der Waals surface area (Å²) in [5, 5.41) is 2.77. The molecule has 1 atom stereocenters. The highest BCUT2D eigenvalue weighted by molar-refractivity contribution is 5.99. The van der Waals surface area contributed by atoms with Crippen molar-refractivity contribution in [2.45, 2.75) is 65.1 Å². The highest BCUT2D eigenvalue weighted by Gasteiger charge is 2.45. The lowest BCUT2D eigenvalue weighted by molar-refractivity contribution is -0.157. The van der Waals surface area contributed by atoms with E-state index in [9.17, 15) is 9.59 Å². The third-order valence-corrected chi connectivity index (χ3v) is 3.36. The van der Waals surface area contributed by atoms with E-state index >= 15 is 0 Å². The molecule has 1 aliphatic heterocycles. The van der Waals surface area contributed by atoms with Gasteiger partial charge in [-0.05, 0) is 41.0 Å². The molecule has 1 N–H and O–H groups in total. The largest absolute Gasteiger partial charge is 0.374 e. The van der Waals surface area contributed by atoms with Gasteiger partial charge in [-0.3, -0.25) is 9.59 Å². The number of carbonyl (C=O) groups is 2. The molecular formula is C14H26N2O3. The van der Waals surface area contributed by atoms with Crippen LogP contribution in [0.3, 0.4) is 0 Å². The summed E-state index contributed by atoms with van der Waals surface area (Å²) in [7, 11) is 0. The molecule has 5 nitrogen and oxygen atoms in total. The molecule has 1 saturated heterocycles. The molecular weight excluding hydrogens is 244 g/mol. The Morgan fingerprint density at radius 1 is 1.32 bits per heavy atom. The number of hydrogen-bond acceptors (Lipinski definition) is 3. The number of nitrogens with one attached hydrogen (secondary N) is 1. The third kappa shape index (κ3) is 3.69. The van der Waals surface area contributed by atoms with Gasteiger partial charge in [0.05, 0.1) is 12.2 Å². The van der Waals surface area contributed by atoms with Gasteiger partial charge in [-0.2, -0.15) is 0 Å². The SMILES string of the molecule is CCC1NC(=O)C(C)(C)N(CCOC(C)(C)C)C1=O. The second-order valence-corrected chi connectivity index (χ2v) is 6.44. The van der Waals surface area contributed by atoms with Crippen LogP contribution in [-0.4, -0.2) is 47.0 Å². The van der Waals surface area contributed by atoms with E-state index < -0.39 is 11.6 Å². The topological polar surface area (TPSA) is 58.6 Å². The average molecular weight is 270 g/mol. The number of nitrogens with zero attached hydrogens (tertiary/aromatic N) is 1. The average Bonchev–Trinajstić information content (AvgIpc) is 2.27. The van der Waals surface area contributed by atoms with Gasteiger partial charge in [-0.25, -0.2) is 0 Å².